The van der Waals surface area contributed by atoms with E-state index in [1.54, 1.807) is 12.1 Å². The molecule has 0 aliphatic heterocycles. The number of nitrogens with zero attached hydrogens (tertiary/aromatic N) is 2. The molecule has 0 unspecified atom stereocenters. The van der Waals surface area contributed by atoms with Crippen LogP contribution in [0.4, 0.5) is 0 Å². The van der Waals surface area contributed by atoms with Gasteiger partial charge in [0.15, 0.2) is 10.6 Å². The number of hydrogen-bond donors (Lipinski definition) is 2. The molecule has 0 saturated carbocycles. The summed E-state index contributed by atoms with van der Waals surface area (Å²) in [5.41, 5.74) is 2.72. The van der Waals surface area contributed by atoms with Crippen LogP contribution in [0.2, 0.25) is 0 Å². The minimum absolute atomic E-state index is 0.176. The summed E-state index contributed by atoms with van der Waals surface area (Å²) in [7, 11) is 0. The highest BCUT2D eigenvalue weighted by molar-refractivity contribution is 7.71. The average Bonchev–Trinajstić information content (AvgIpc) is 2.82. The maximum absolute atomic E-state index is 9.99. The van der Waals surface area contributed by atoms with Gasteiger partial charge in [0.25, 0.3) is 0 Å². The third-order valence-corrected chi connectivity index (χ3v) is 3.38. The van der Waals surface area contributed by atoms with E-state index >= 15 is 0 Å². The Bertz CT molecular complexity index is 802. The normalized spacial score (nSPS) is 10.7. The first kappa shape index (κ1) is 12.6. The summed E-state index contributed by atoms with van der Waals surface area (Å²) >= 11 is 5.29. The second-order valence-electron chi connectivity index (χ2n) is 4.54. The molecule has 0 bridgehead atoms. The molecule has 0 aliphatic rings. The summed E-state index contributed by atoms with van der Waals surface area (Å²) in [6.45, 7) is 2.03. The number of H-pyrrole nitrogens is 1. The predicted octanol–water partition coefficient (Wildman–Crippen LogP) is 3.61. The van der Waals surface area contributed by atoms with Crippen LogP contribution >= 0.6 is 12.2 Å². The minimum Gasteiger partial charge on any atom is -0.507 e. The van der Waals surface area contributed by atoms with Gasteiger partial charge in [-0.05, 0) is 43.4 Å². The van der Waals surface area contributed by atoms with E-state index in [-0.39, 0.29) is 5.75 Å². The summed E-state index contributed by atoms with van der Waals surface area (Å²) in [6, 6.07) is 15.0. The molecule has 2 N–H and O–H groups in total. The highest BCUT2D eigenvalue weighted by Gasteiger charge is 2.13. The van der Waals surface area contributed by atoms with Crippen LogP contribution in [-0.4, -0.2) is 19.9 Å². The van der Waals surface area contributed by atoms with Crippen molar-refractivity contribution in [3.05, 3.63) is 58.9 Å². The first-order valence-electron chi connectivity index (χ1n) is 6.19. The lowest BCUT2D eigenvalue weighted by molar-refractivity contribution is 0.476. The van der Waals surface area contributed by atoms with E-state index in [2.05, 4.69) is 10.2 Å². The van der Waals surface area contributed by atoms with Crippen LogP contribution in [0.1, 0.15) is 5.56 Å². The molecular weight excluding hydrogens is 270 g/mol. The van der Waals surface area contributed by atoms with E-state index < -0.39 is 0 Å². The molecule has 100 valence electrons. The van der Waals surface area contributed by atoms with Gasteiger partial charge in [0, 0.05) is 5.69 Å². The van der Waals surface area contributed by atoms with Crippen LogP contribution in [0.15, 0.2) is 48.5 Å². The molecule has 20 heavy (non-hydrogen) atoms. The Balaban J connectivity index is 2.23. The Kier molecular flexibility index (Phi) is 3.12. The van der Waals surface area contributed by atoms with Gasteiger partial charge < -0.3 is 5.11 Å². The molecule has 4 nitrogen and oxygen atoms in total. The SMILES string of the molecule is Cc1ccc(-n2c(-c3ccccc3O)n[nH]c2=S)cc1. The third kappa shape index (κ3) is 2.12. The van der Waals surface area contributed by atoms with Crippen LogP contribution in [0.3, 0.4) is 0 Å². The molecule has 2 aromatic carbocycles. The summed E-state index contributed by atoms with van der Waals surface area (Å²) in [5.74, 6) is 0.770. The summed E-state index contributed by atoms with van der Waals surface area (Å²) in [4.78, 5) is 0. The second-order valence-corrected chi connectivity index (χ2v) is 4.93. The number of aryl methyl sites for hydroxylation is 1. The van der Waals surface area contributed by atoms with Gasteiger partial charge in [-0.1, -0.05) is 29.8 Å². The van der Waals surface area contributed by atoms with E-state index in [1.165, 1.54) is 5.56 Å². The molecular formula is C15H13N3OS. The molecule has 0 spiro atoms. The Labute approximate surface area is 121 Å². The first-order valence-corrected chi connectivity index (χ1v) is 6.60. The maximum atomic E-state index is 9.99. The van der Waals surface area contributed by atoms with Crippen molar-refractivity contribution in [2.45, 2.75) is 6.92 Å². The molecule has 1 aromatic heterocycles. The summed E-state index contributed by atoms with van der Waals surface area (Å²) < 4.78 is 2.30. The van der Waals surface area contributed by atoms with Crippen molar-refractivity contribution in [3.8, 4) is 22.8 Å². The Morgan fingerprint density at radius 3 is 2.50 bits per heavy atom. The van der Waals surface area contributed by atoms with E-state index in [4.69, 9.17) is 12.2 Å². The third-order valence-electron chi connectivity index (χ3n) is 3.11. The van der Waals surface area contributed by atoms with Crippen molar-refractivity contribution in [2.75, 3.05) is 0 Å². The monoisotopic (exact) mass is 283 g/mol. The van der Waals surface area contributed by atoms with Crippen molar-refractivity contribution in [2.24, 2.45) is 0 Å². The maximum Gasteiger partial charge on any atom is 0.200 e. The van der Waals surface area contributed by atoms with Gasteiger partial charge in [-0.25, -0.2) is 0 Å². The van der Waals surface area contributed by atoms with Crippen molar-refractivity contribution in [1.29, 1.82) is 0 Å². The van der Waals surface area contributed by atoms with Crippen LogP contribution in [-0.2, 0) is 0 Å². The van der Waals surface area contributed by atoms with Crippen molar-refractivity contribution >= 4 is 12.2 Å². The fourth-order valence-corrected chi connectivity index (χ4v) is 2.31. The molecule has 0 saturated heterocycles. The number of nitrogens with one attached hydrogen (secondary N) is 1. The Morgan fingerprint density at radius 1 is 1.10 bits per heavy atom. The predicted molar refractivity (Wildman–Crippen MR) is 80.6 cm³/mol. The second kappa shape index (κ2) is 4.94. The summed E-state index contributed by atoms with van der Waals surface area (Å²) in [6.07, 6.45) is 0. The zero-order valence-corrected chi connectivity index (χ0v) is 11.7. The van der Waals surface area contributed by atoms with Crippen molar-refractivity contribution in [3.63, 3.8) is 0 Å². The van der Waals surface area contributed by atoms with E-state index in [0.717, 1.165) is 5.69 Å². The fourth-order valence-electron chi connectivity index (χ4n) is 2.07. The number of phenols is 1. The molecule has 5 heteroatoms. The summed E-state index contributed by atoms with van der Waals surface area (Å²) in [5, 5.41) is 17.0. The van der Waals surface area contributed by atoms with Gasteiger partial charge in [-0.3, -0.25) is 9.67 Å². The van der Waals surface area contributed by atoms with Gasteiger partial charge in [-0.2, -0.15) is 5.10 Å². The lowest BCUT2D eigenvalue weighted by Gasteiger charge is -2.08. The topological polar surface area (TPSA) is 53.8 Å². The molecule has 3 aromatic rings. The van der Waals surface area contributed by atoms with Crippen LogP contribution < -0.4 is 0 Å². The van der Waals surface area contributed by atoms with Gasteiger partial charge >= 0.3 is 0 Å². The number of aromatic hydroxyl groups is 1. The average molecular weight is 283 g/mol. The minimum atomic E-state index is 0.176. The van der Waals surface area contributed by atoms with Gasteiger partial charge in [0.05, 0.1) is 5.56 Å². The zero-order chi connectivity index (χ0) is 14.1. The highest BCUT2D eigenvalue weighted by atomic mass is 32.1. The van der Waals surface area contributed by atoms with Crippen LogP contribution in [0.5, 0.6) is 5.75 Å². The molecule has 3 rings (SSSR count). The number of phenolic OH excluding ortho intramolecular Hbond substituents is 1. The number of para-hydroxylation sites is 1. The molecule has 0 amide bonds. The quantitative estimate of drug-likeness (QED) is 0.706. The van der Waals surface area contributed by atoms with Crippen molar-refractivity contribution in [1.82, 2.24) is 14.8 Å². The van der Waals surface area contributed by atoms with E-state index in [0.29, 0.717) is 16.2 Å². The highest BCUT2D eigenvalue weighted by Crippen LogP contribution is 2.28. The number of benzene rings is 2. The number of rotatable bonds is 2. The lowest BCUT2D eigenvalue weighted by Crippen LogP contribution is -1.97. The van der Waals surface area contributed by atoms with Gasteiger partial charge in [0.2, 0.25) is 0 Å². The molecule has 0 aliphatic carbocycles. The Morgan fingerprint density at radius 2 is 1.80 bits per heavy atom. The standard InChI is InChI=1S/C15H13N3OS/c1-10-6-8-11(9-7-10)18-14(16-17-15(18)20)12-4-2-3-5-13(12)19/h2-9,19H,1H3,(H,17,20). The van der Waals surface area contributed by atoms with Crippen molar-refractivity contribution < 1.29 is 5.11 Å². The smallest absolute Gasteiger partial charge is 0.200 e. The zero-order valence-electron chi connectivity index (χ0n) is 10.9. The Hall–Kier alpha value is -2.40. The number of hydrogen-bond acceptors (Lipinski definition) is 3. The van der Waals surface area contributed by atoms with E-state index in [9.17, 15) is 5.11 Å². The van der Waals surface area contributed by atoms with E-state index in [1.807, 2.05) is 47.9 Å². The van der Waals surface area contributed by atoms with Crippen LogP contribution in [0, 0.1) is 11.7 Å². The van der Waals surface area contributed by atoms with Gasteiger partial charge in [0.1, 0.15) is 5.75 Å². The molecule has 0 atom stereocenters. The first-order chi connectivity index (χ1) is 9.66. The fraction of sp³-hybridized carbons (Fsp3) is 0.0667. The van der Waals surface area contributed by atoms with Crippen LogP contribution in [0.25, 0.3) is 17.1 Å². The largest absolute Gasteiger partial charge is 0.507 e. The molecule has 0 radical (unpaired) electrons. The number of aromatic amines is 1. The number of aromatic nitrogens is 3. The van der Waals surface area contributed by atoms with Gasteiger partial charge in [-0.15, -0.1) is 0 Å². The molecule has 1 heterocycles. The lowest BCUT2D eigenvalue weighted by atomic mass is 10.1. The molecule has 0 fully saturated rings.